The average Bonchev–Trinajstić information content (AvgIpc) is 2.65. The number of hydrogen-bond acceptors (Lipinski definition) is 3. The fourth-order valence-corrected chi connectivity index (χ4v) is 1.64. The minimum atomic E-state index is -0.134. The Kier molecular flexibility index (Phi) is 3.92. The van der Waals surface area contributed by atoms with Gasteiger partial charge < -0.3 is 10.6 Å². The lowest BCUT2D eigenvalue weighted by Crippen LogP contribution is -2.40. The zero-order chi connectivity index (χ0) is 9.68. The molecule has 1 aromatic rings. The van der Waals surface area contributed by atoms with Gasteiger partial charge in [0.05, 0.1) is 6.04 Å². The molecule has 13 heavy (non-hydrogen) atoms. The largest absolute Gasteiger partial charge is 0.358 e. The molecular weight excluding hydrogens is 184 g/mol. The van der Waals surface area contributed by atoms with Gasteiger partial charge >= 0.3 is 0 Å². The number of nitrogens with one attached hydrogen (secondary N) is 2. The molecular formula is C9H14N2OS. The van der Waals surface area contributed by atoms with Gasteiger partial charge in [-0.2, -0.15) is 11.3 Å². The Bertz CT molecular complexity index is 259. The second-order valence-corrected chi connectivity index (χ2v) is 3.63. The first-order valence-electron chi connectivity index (χ1n) is 4.20. The van der Waals surface area contributed by atoms with E-state index in [4.69, 9.17) is 0 Å². The predicted molar refractivity (Wildman–Crippen MR) is 54.7 cm³/mol. The average molecular weight is 198 g/mol. The van der Waals surface area contributed by atoms with Crippen LogP contribution in [0.3, 0.4) is 0 Å². The highest BCUT2D eigenvalue weighted by molar-refractivity contribution is 7.07. The predicted octanol–water partition coefficient (Wildman–Crippen LogP) is 0.972. The molecule has 0 spiro atoms. The molecule has 1 amide bonds. The molecule has 0 bridgehead atoms. The monoisotopic (exact) mass is 198 g/mol. The summed E-state index contributed by atoms with van der Waals surface area (Å²) in [4.78, 5) is 11.1. The molecule has 0 aromatic carbocycles. The van der Waals surface area contributed by atoms with Gasteiger partial charge in [0.2, 0.25) is 5.91 Å². The molecule has 0 aliphatic rings. The highest BCUT2D eigenvalue weighted by Crippen LogP contribution is 2.05. The van der Waals surface area contributed by atoms with E-state index >= 15 is 0 Å². The first-order valence-corrected chi connectivity index (χ1v) is 5.14. The van der Waals surface area contributed by atoms with Crippen molar-refractivity contribution in [1.29, 1.82) is 0 Å². The van der Waals surface area contributed by atoms with E-state index < -0.39 is 0 Å². The Morgan fingerprint density at radius 3 is 3.00 bits per heavy atom. The molecule has 3 nitrogen and oxygen atoms in total. The normalized spacial score (nSPS) is 12.5. The second-order valence-electron chi connectivity index (χ2n) is 2.85. The Labute approximate surface area is 82.2 Å². The van der Waals surface area contributed by atoms with Gasteiger partial charge in [-0.15, -0.1) is 0 Å². The van der Waals surface area contributed by atoms with Gasteiger partial charge in [0.25, 0.3) is 0 Å². The summed E-state index contributed by atoms with van der Waals surface area (Å²) in [6.07, 6.45) is 0. The van der Waals surface area contributed by atoms with Gasteiger partial charge in [-0.25, -0.2) is 0 Å². The van der Waals surface area contributed by atoms with E-state index in [1.54, 1.807) is 18.4 Å². The van der Waals surface area contributed by atoms with E-state index in [-0.39, 0.29) is 11.9 Å². The van der Waals surface area contributed by atoms with E-state index in [1.165, 1.54) is 5.56 Å². The van der Waals surface area contributed by atoms with Crippen LogP contribution in [0.15, 0.2) is 16.8 Å². The molecule has 72 valence electrons. The maximum atomic E-state index is 11.1. The van der Waals surface area contributed by atoms with Gasteiger partial charge in [0.15, 0.2) is 0 Å². The van der Waals surface area contributed by atoms with Crippen LogP contribution in [0.2, 0.25) is 0 Å². The summed E-state index contributed by atoms with van der Waals surface area (Å²) in [7, 11) is 1.64. The van der Waals surface area contributed by atoms with Crippen LogP contribution in [0.25, 0.3) is 0 Å². The number of amides is 1. The zero-order valence-electron chi connectivity index (χ0n) is 7.83. The van der Waals surface area contributed by atoms with Crippen LogP contribution < -0.4 is 10.6 Å². The second kappa shape index (κ2) is 4.99. The summed E-state index contributed by atoms with van der Waals surface area (Å²) >= 11 is 1.66. The Hall–Kier alpha value is -0.870. The van der Waals surface area contributed by atoms with Crippen LogP contribution in [0.1, 0.15) is 12.5 Å². The summed E-state index contributed by atoms with van der Waals surface area (Å²) in [6.45, 7) is 2.60. The molecule has 1 heterocycles. The molecule has 0 radical (unpaired) electrons. The van der Waals surface area contributed by atoms with Crippen LogP contribution in [0, 0.1) is 0 Å². The van der Waals surface area contributed by atoms with Crippen molar-refractivity contribution in [3.8, 4) is 0 Å². The topological polar surface area (TPSA) is 41.1 Å². The van der Waals surface area contributed by atoms with Crippen molar-refractivity contribution < 1.29 is 4.79 Å². The lowest BCUT2D eigenvalue weighted by atomic mass is 10.3. The van der Waals surface area contributed by atoms with Crippen molar-refractivity contribution in [1.82, 2.24) is 10.6 Å². The minimum Gasteiger partial charge on any atom is -0.358 e. The van der Waals surface area contributed by atoms with Gasteiger partial charge in [-0.3, -0.25) is 4.79 Å². The van der Waals surface area contributed by atoms with E-state index in [1.807, 2.05) is 18.4 Å². The summed E-state index contributed by atoms with van der Waals surface area (Å²) in [6, 6.07) is 1.92. The Balaban J connectivity index is 2.30. The van der Waals surface area contributed by atoms with E-state index in [0.29, 0.717) is 0 Å². The van der Waals surface area contributed by atoms with Crippen LogP contribution in [0.4, 0.5) is 0 Å². The number of thiophene rings is 1. The third kappa shape index (κ3) is 3.16. The molecule has 1 aromatic heterocycles. The maximum Gasteiger partial charge on any atom is 0.236 e. The molecule has 2 N–H and O–H groups in total. The minimum absolute atomic E-state index is 0.0234. The first-order chi connectivity index (χ1) is 6.24. The van der Waals surface area contributed by atoms with E-state index in [0.717, 1.165) is 6.54 Å². The number of carbonyl (C=O) groups excluding carboxylic acids is 1. The third-order valence-corrected chi connectivity index (χ3v) is 2.56. The van der Waals surface area contributed by atoms with Crippen molar-refractivity contribution in [2.24, 2.45) is 0 Å². The lowest BCUT2D eigenvalue weighted by Gasteiger charge is -2.10. The van der Waals surface area contributed by atoms with E-state index in [9.17, 15) is 4.79 Å². The van der Waals surface area contributed by atoms with Gasteiger partial charge in [0, 0.05) is 13.6 Å². The highest BCUT2D eigenvalue weighted by Gasteiger charge is 2.08. The van der Waals surface area contributed by atoms with Crippen LogP contribution in [0.5, 0.6) is 0 Å². The summed E-state index contributed by atoms with van der Waals surface area (Å²) in [5, 5.41) is 9.83. The summed E-state index contributed by atoms with van der Waals surface area (Å²) in [5.74, 6) is 0.0234. The number of hydrogen-bond donors (Lipinski definition) is 2. The molecule has 4 heteroatoms. The Morgan fingerprint density at radius 1 is 1.69 bits per heavy atom. The molecule has 0 aliphatic heterocycles. The molecule has 1 rings (SSSR count). The molecule has 0 fully saturated rings. The zero-order valence-corrected chi connectivity index (χ0v) is 8.65. The van der Waals surface area contributed by atoms with Gasteiger partial charge in [0.1, 0.15) is 0 Å². The lowest BCUT2D eigenvalue weighted by molar-refractivity contribution is -0.122. The molecule has 0 saturated heterocycles. The summed E-state index contributed by atoms with van der Waals surface area (Å²) < 4.78 is 0. The van der Waals surface area contributed by atoms with Crippen molar-refractivity contribution in [2.45, 2.75) is 19.5 Å². The first kappa shape index (κ1) is 10.2. The SMILES string of the molecule is CNC(=O)[C@@H](C)NCc1ccsc1. The molecule has 0 aliphatic carbocycles. The van der Waals surface area contributed by atoms with Crippen molar-refractivity contribution in [3.63, 3.8) is 0 Å². The van der Waals surface area contributed by atoms with Crippen molar-refractivity contribution in [3.05, 3.63) is 22.4 Å². The molecule has 1 atom stereocenters. The quantitative estimate of drug-likeness (QED) is 0.757. The fraction of sp³-hybridized carbons (Fsp3) is 0.444. The molecule has 0 unspecified atom stereocenters. The van der Waals surface area contributed by atoms with Crippen LogP contribution in [-0.4, -0.2) is 19.0 Å². The highest BCUT2D eigenvalue weighted by atomic mass is 32.1. The van der Waals surface area contributed by atoms with E-state index in [2.05, 4.69) is 16.0 Å². The van der Waals surface area contributed by atoms with Crippen molar-refractivity contribution >= 4 is 17.2 Å². The summed E-state index contributed by atoms with van der Waals surface area (Å²) in [5.41, 5.74) is 1.22. The molecule has 0 saturated carbocycles. The standard InChI is InChI=1S/C9H14N2OS/c1-7(9(12)10-2)11-5-8-3-4-13-6-8/h3-4,6-7,11H,5H2,1-2H3,(H,10,12)/t7-/m1/s1. The van der Waals surface area contributed by atoms with Crippen LogP contribution >= 0.6 is 11.3 Å². The fourth-order valence-electron chi connectivity index (χ4n) is 0.973. The van der Waals surface area contributed by atoms with Crippen LogP contribution in [-0.2, 0) is 11.3 Å². The maximum absolute atomic E-state index is 11.1. The van der Waals surface area contributed by atoms with Gasteiger partial charge in [-0.05, 0) is 29.3 Å². The number of likely N-dealkylation sites (N-methyl/N-ethyl adjacent to an activating group) is 1. The Morgan fingerprint density at radius 2 is 2.46 bits per heavy atom. The van der Waals surface area contributed by atoms with Gasteiger partial charge in [-0.1, -0.05) is 0 Å². The third-order valence-electron chi connectivity index (χ3n) is 1.83. The van der Waals surface area contributed by atoms with Crippen molar-refractivity contribution in [2.75, 3.05) is 7.05 Å². The number of carbonyl (C=O) groups is 1. The number of rotatable bonds is 4. The smallest absolute Gasteiger partial charge is 0.236 e.